The van der Waals surface area contributed by atoms with Crippen molar-refractivity contribution in [2.45, 2.75) is 38.1 Å². The van der Waals surface area contributed by atoms with Gasteiger partial charge < -0.3 is 10.6 Å². The van der Waals surface area contributed by atoms with E-state index in [1.54, 1.807) is 24.3 Å². The molecule has 0 radical (unpaired) electrons. The highest BCUT2D eigenvalue weighted by Crippen LogP contribution is 2.38. The van der Waals surface area contributed by atoms with Crippen molar-refractivity contribution in [3.63, 3.8) is 0 Å². The SMILES string of the molecule is CC(=O)c1ccc(NC(=O)CN2C(=O)N[C@@]3(CCCCc4ccccc43)C2=O)cc1. The van der Waals surface area contributed by atoms with E-state index in [-0.39, 0.29) is 18.2 Å². The Kier molecular flexibility index (Phi) is 5.11. The van der Waals surface area contributed by atoms with Gasteiger partial charge in [-0.1, -0.05) is 24.3 Å². The maximum atomic E-state index is 13.3. The summed E-state index contributed by atoms with van der Waals surface area (Å²) in [5.41, 5.74) is 1.81. The molecule has 1 fully saturated rings. The van der Waals surface area contributed by atoms with Crippen molar-refractivity contribution in [3.05, 3.63) is 65.2 Å². The molecule has 1 atom stereocenters. The maximum Gasteiger partial charge on any atom is 0.325 e. The smallest absolute Gasteiger partial charge is 0.325 e. The molecule has 1 aliphatic carbocycles. The summed E-state index contributed by atoms with van der Waals surface area (Å²) < 4.78 is 0. The summed E-state index contributed by atoms with van der Waals surface area (Å²) in [7, 11) is 0. The topological polar surface area (TPSA) is 95.6 Å². The Labute approximate surface area is 174 Å². The number of benzene rings is 2. The number of urea groups is 1. The Morgan fingerprint density at radius 3 is 2.53 bits per heavy atom. The lowest BCUT2D eigenvalue weighted by molar-refractivity contribution is -0.134. The summed E-state index contributed by atoms with van der Waals surface area (Å²) in [6.07, 6.45) is 3.12. The standard InChI is InChI=1S/C23H23N3O4/c1-15(27)16-9-11-18(12-10-16)24-20(28)14-26-21(29)23(25-22(26)30)13-5-4-7-17-6-2-3-8-19(17)23/h2-3,6,8-12H,4-5,7,13-14H2,1H3,(H,24,28)(H,25,30)/t23-/m1/s1. The number of amides is 4. The predicted octanol–water partition coefficient (Wildman–Crippen LogP) is 3.00. The molecule has 2 aromatic rings. The zero-order valence-corrected chi connectivity index (χ0v) is 16.7. The Hall–Kier alpha value is -3.48. The van der Waals surface area contributed by atoms with Crippen molar-refractivity contribution < 1.29 is 19.2 Å². The summed E-state index contributed by atoms with van der Waals surface area (Å²) in [6, 6.07) is 13.6. The molecule has 0 unspecified atom stereocenters. The molecule has 1 spiro atoms. The lowest BCUT2D eigenvalue weighted by atomic mass is 9.84. The van der Waals surface area contributed by atoms with E-state index in [2.05, 4.69) is 10.6 Å². The van der Waals surface area contributed by atoms with Gasteiger partial charge in [0, 0.05) is 11.3 Å². The van der Waals surface area contributed by atoms with Crippen molar-refractivity contribution in [1.82, 2.24) is 10.2 Å². The number of nitrogens with one attached hydrogen (secondary N) is 2. The highest BCUT2D eigenvalue weighted by molar-refractivity contribution is 6.10. The van der Waals surface area contributed by atoms with E-state index in [4.69, 9.17) is 0 Å². The average molecular weight is 405 g/mol. The number of Topliss-reactive ketones (excluding diaryl/α,β-unsaturated/α-hetero) is 1. The van der Waals surface area contributed by atoms with Gasteiger partial charge in [0.2, 0.25) is 5.91 Å². The van der Waals surface area contributed by atoms with Gasteiger partial charge in [-0.25, -0.2) is 4.79 Å². The number of rotatable bonds is 4. The van der Waals surface area contributed by atoms with Crippen LogP contribution in [-0.2, 0) is 21.5 Å². The first kappa shape index (κ1) is 19.8. The number of anilines is 1. The van der Waals surface area contributed by atoms with E-state index in [0.29, 0.717) is 17.7 Å². The molecule has 2 N–H and O–H groups in total. The van der Waals surface area contributed by atoms with Gasteiger partial charge in [0.15, 0.2) is 5.78 Å². The third-order valence-corrected chi connectivity index (χ3v) is 5.78. The molecule has 154 valence electrons. The largest absolute Gasteiger partial charge is 0.325 e. The highest BCUT2D eigenvalue weighted by Gasteiger charge is 2.53. The minimum atomic E-state index is -1.10. The Bertz CT molecular complexity index is 1030. The fraction of sp³-hybridized carbons (Fsp3) is 0.304. The van der Waals surface area contributed by atoms with Crippen LogP contribution in [0, 0.1) is 0 Å². The first-order chi connectivity index (χ1) is 14.4. The van der Waals surface area contributed by atoms with Gasteiger partial charge in [0.1, 0.15) is 12.1 Å². The number of hydrogen-bond donors (Lipinski definition) is 2. The number of hydrogen-bond acceptors (Lipinski definition) is 4. The van der Waals surface area contributed by atoms with Crippen LogP contribution in [0.25, 0.3) is 0 Å². The molecule has 7 nitrogen and oxygen atoms in total. The van der Waals surface area contributed by atoms with Crippen LogP contribution in [0.1, 0.15) is 47.7 Å². The second-order valence-corrected chi connectivity index (χ2v) is 7.77. The molecule has 2 aromatic carbocycles. The second kappa shape index (κ2) is 7.74. The monoisotopic (exact) mass is 405 g/mol. The minimum Gasteiger partial charge on any atom is -0.325 e. The van der Waals surface area contributed by atoms with Crippen LogP contribution in [0.5, 0.6) is 0 Å². The fourth-order valence-corrected chi connectivity index (χ4v) is 4.25. The quantitative estimate of drug-likeness (QED) is 0.604. The predicted molar refractivity (Wildman–Crippen MR) is 111 cm³/mol. The molecular weight excluding hydrogens is 382 g/mol. The van der Waals surface area contributed by atoms with E-state index < -0.39 is 17.5 Å². The van der Waals surface area contributed by atoms with Gasteiger partial charge in [0.05, 0.1) is 0 Å². The van der Waals surface area contributed by atoms with Gasteiger partial charge >= 0.3 is 6.03 Å². The Morgan fingerprint density at radius 2 is 1.80 bits per heavy atom. The van der Waals surface area contributed by atoms with Gasteiger partial charge in [0.25, 0.3) is 5.91 Å². The van der Waals surface area contributed by atoms with Gasteiger partial charge in [-0.05, 0) is 68.0 Å². The van der Waals surface area contributed by atoms with Crippen molar-refractivity contribution in [1.29, 1.82) is 0 Å². The van der Waals surface area contributed by atoms with E-state index >= 15 is 0 Å². The maximum absolute atomic E-state index is 13.3. The molecule has 30 heavy (non-hydrogen) atoms. The molecule has 2 aliphatic rings. The van der Waals surface area contributed by atoms with E-state index in [9.17, 15) is 19.2 Å². The lowest BCUT2D eigenvalue weighted by Gasteiger charge is -2.27. The van der Waals surface area contributed by atoms with Crippen LogP contribution < -0.4 is 10.6 Å². The Morgan fingerprint density at radius 1 is 1.07 bits per heavy atom. The minimum absolute atomic E-state index is 0.0683. The zero-order chi connectivity index (χ0) is 21.3. The van der Waals surface area contributed by atoms with Crippen LogP contribution in [-0.4, -0.2) is 35.1 Å². The first-order valence-corrected chi connectivity index (χ1v) is 10.0. The van der Waals surface area contributed by atoms with Crippen LogP contribution in [0.15, 0.2) is 48.5 Å². The summed E-state index contributed by atoms with van der Waals surface area (Å²) in [4.78, 5) is 50.9. The number of carbonyl (C=O) groups is 4. The molecule has 1 aliphatic heterocycles. The van der Waals surface area contributed by atoms with Crippen molar-refractivity contribution >= 4 is 29.3 Å². The van der Waals surface area contributed by atoms with E-state index in [1.807, 2.05) is 24.3 Å². The van der Waals surface area contributed by atoms with Crippen LogP contribution in [0.3, 0.4) is 0 Å². The number of fused-ring (bicyclic) bond motifs is 2. The number of ketones is 1. The fourth-order valence-electron chi connectivity index (χ4n) is 4.25. The van der Waals surface area contributed by atoms with Crippen LogP contribution >= 0.6 is 0 Å². The first-order valence-electron chi connectivity index (χ1n) is 10.0. The molecule has 4 rings (SSSR count). The highest BCUT2D eigenvalue weighted by atomic mass is 16.2. The molecule has 1 heterocycles. The summed E-state index contributed by atoms with van der Waals surface area (Å²) in [6.45, 7) is 1.09. The van der Waals surface area contributed by atoms with Crippen molar-refractivity contribution in [2.75, 3.05) is 11.9 Å². The van der Waals surface area contributed by atoms with Gasteiger partial charge in [-0.2, -0.15) is 0 Å². The number of imide groups is 1. The lowest BCUT2D eigenvalue weighted by Crippen LogP contribution is -2.44. The number of carbonyl (C=O) groups excluding carboxylic acids is 4. The molecule has 0 bridgehead atoms. The van der Waals surface area contributed by atoms with Gasteiger partial charge in [-0.3, -0.25) is 19.3 Å². The Balaban J connectivity index is 1.52. The molecule has 0 aromatic heterocycles. The molecular formula is C23H23N3O4. The van der Waals surface area contributed by atoms with E-state index in [1.165, 1.54) is 6.92 Å². The average Bonchev–Trinajstić information content (AvgIpc) is 2.87. The molecule has 0 saturated carbocycles. The van der Waals surface area contributed by atoms with E-state index in [0.717, 1.165) is 35.3 Å². The molecule has 1 saturated heterocycles. The third-order valence-electron chi connectivity index (χ3n) is 5.78. The van der Waals surface area contributed by atoms with Crippen LogP contribution in [0.2, 0.25) is 0 Å². The molecule has 7 heteroatoms. The van der Waals surface area contributed by atoms with Crippen molar-refractivity contribution in [2.24, 2.45) is 0 Å². The summed E-state index contributed by atoms with van der Waals surface area (Å²) in [5.74, 6) is -0.932. The summed E-state index contributed by atoms with van der Waals surface area (Å²) in [5, 5.41) is 5.55. The van der Waals surface area contributed by atoms with Gasteiger partial charge in [-0.15, -0.1) is 0 Å². The number of nitrogens with zero attached hydrogens (tertiary/aromatic N) is 1. The zero-order valence-electron chi connectivity index (χ0n) is 16.7. The normalized spacial score (nSPS) is 20.5. The molecule has 4 amide bonds. The number of aryl methyl sites for hydroxylation is 1. The summed E-state index contributed by atoms with van der Waals surface area (Å²) >= 11 is 0. The van der Waals surface area contributed by atoms with Crippen LogP contribution in [0.4, 0.5) is 10.5 Å². The van der Waals surface area contributed by atoms with Crippen molar-refractivity contribution in [3.8, 4) is 0 Å². The third kappa shape index (κ3) is 3.47. The second-order valence-electron chi connectivity index (χ2n) is 7.77.